The van der Waals surface area contributed by atoms with Gasteiger partial charge in [0.1, 0.15) is 0 Å². The van der Waals surface area contributed by atoms with Gasteiger partial charge in [-0.15, -0.1) is 0 Å². The van der Waals surface area contributed by atoms with Crippen LogP contribution in [0.1, 0.15) is 56.8 Å². The molecule has 2 atom stereocenters. The number of hydrogen-bond donors (Lipinski definition) is 1. The molecule has 0 spiro atoms. The van der Waals surface area contributed by atoms with Gasteiger partial charge in [0.15, 0.2) is 0 Å². The molecule has 19 heavy (non-hydrogen) atoms. The lowest BCUT2D eigenvalue weighted by molar-refractivity contribution is 0.0945. The van der Waals surface area contributed by atoms with Crippen molar-refractivity contribution in [2.75, 3.05) is 13.1 Å². The molecular formula is C15H28N4. The van der Waals surface area contributed by atoms with Gasteiger partial charge in [0, 0.05) is 31.4 Å². The summed E-state index contributed by atoms with van der Waals surface area (Å²) in [4.78, 5) is 2.62. The molecule has 0 radical (unpaired) electrons. The van der Waals surface area contributed by atoms with Gasteiger partial charge in [0.05, 0.1) is 11.7 Å². The molecular weight excluding hydrogens is 236 g/mol. The Hall–Kier alpha value is -0.870. The van der Waals surface area contributed by atoms with E-state index in [-0.39, 0.29) is 0 Å². The van der Waals surface area contributed by atoms with Gasteiger partial charge < -0.3 is 5.73 Å². The van der Waals surface area contributed by atoms with Gasteiger partial charge >= 0.3 is 0 Å². The molecule has 4 heteroatoms. The summed E-state index contributed by atoms with van der Waals surface area (Å²) in [5.74, 6) is 0. The molecule has 1 saturated heterocycles. The van der Waals surface area contributed by atoms with Crippen molar-refractivity contribution in [1.29, 1.82) is 0 Å². The minimum absolute atomic E-state index is 0.342. The molecule has 2 N–H and O–H groups in total. The molecule has 0 amide bonds. The first kappa shape index (κ1) is 14.5. The van der Waals surface area contributed by atoms with Crippen molar-refractivity contribution in [3.63, 3.8) is 0 Å². The number of hydrogen-bond acceptors (Lipinski definition) is 3. The number of nitrogens with zero attached hydrogens (tertiary/aromatic N) is 3. The lowest BCUT2D eigenvalue weighted by Crippen LogP contribution is -2.44. The van der Waals surface area contributed by atoms with Crippen molar-refractivity contribution >= 4 is 0 Å². The summed E-state index contributed by atoms with van der Waals surface area (Å²) in [6, 6.07) is 1.03. The molecule has 2 unspecified atom stereocenters. The third-order valence-electron chi connectivity index (χ3n) is 4.40. The third kappa shape index (κ3) is 3.00. The van der Waals surface area contributed by atoms with Crippen LogP contribution in [0, 0.1) is 0 Å². The van der Waals surface area contributed by atoms with E-state index in [2.05, 4.69) is 30.0 Å². The maximum atomic E-state index is 6.11. The largest absolute Gasteiger partial charge is 0.329 e. The molecule has 0 bridgehead atoms. The molecule has 1 aromatic rings. The highest BCUT2D eigenvalue weighted by Gasteiger charge is 2.30. The van der Waals surface area contributed by atoms with Gasteiger partial charge in [-0.05, 0) is 32.2 Å². The smallest absolute Gasteiger partial charge is 0.0670 e. The highest BCUT2D eigenvalue weighted by Crippen LogP contribution is 2.30. The maximum Gasteiger partial charge on any atom is 0.0670 e. The van der Waals surface area contributed by atoms with Crippen LogP contribution in [0.2, 0.25) is 0 Å². The zero-order chi connectivity index (χ0) is 13.8. The Morgan fingerprint density at radius 3 is 2.84 bits per heavy atom. The van der Waals surface area contributed by atoms with E-state index in [1.165, 1.54) is 43.5 Å². The maximum absolute atomic E-state index is 6.11. The van der Waals surface area contributed by atoms with E-state index in [4.69, 9.17) is 5.73 Å². The average Bonchev–Trinajstić information content (AvgIpc) is 2.81. The summed E-state index contributed by atoms with van der Waals surface area (Å²) in [6.07, 6.45) is 8.34. The van der Waals surface area contributed by atoms with E-state index in [1.54, 1.807) is 0 Å². The summed E-state index contributed by atoms with van der Waals surface area (Å²) in [5.41, 5.74) is 8.65. The Kier molecular flexibility index (Phi) is 4.99. The van der Waals surface area contributed by atoms with Crippen molar-refractivity contribution in [2.24, 2.45) is 12.8 Å². The minimum atomic E-state index is 0.342. The van der Waals surface area contributed by atoms with Gasteiger partial charge in [-0.25, -0.2) is 0 Å². The lowest BCUT2D eigenvalue weighted by atomic mass is 9.94. The molecule has 1 fully saturated rings. The van der Waals surface area contributed by atoms with Crippen LogP contribution in [0.5, 0.6) is 0 Å². The minimum Gasteiger partial charge on any atom is -0.329 e. The Balaban J connectivity index is 2.26. The van der Waals surface area contributed by atoms with Crippen LogP contribution in [-0.2, 0) is 13.5 Å². The lowest BCUT2D eigenvalue weighted by Gasteiger charge is -2.40. The highest BCUT2D eigenvalue weighted by molar-refractivity contribution is 5.22. The first-order chi connectivity index (χ1) is 9.21. The van der Waals surface area contributed by atoms with Gasteiger partial charge in [-0.3, -0.25) is 9.58 Å². The van der Waals surface area contributed by atoms with Crippen LogP contribution in [0.3, 0.4) is 0 Å². The number of nitrogens with two attached hydrogens (primary N) is 1. The summed E-state index contributed by atoms with van der Waals surface area (Å²) in [5, 5.41) is 4.58. The monoisotopic (exact) mass is 264 g/mol. The number of aryl methyl sites for hydroxylation is 2. The first-order valence-electron chi connectivity index (χ1n) is 7.69. The van der Waals surface area contributed by atoms with Crippen molar-refractivity contribution in [2.45, 2.75) is 58.0 Å². The molecule has 2 heterocycles. The zero-order valence-corrected chi connectivity index (χ0v) is 12.6. The van der Waals surface area contributed by atoms with E-state index >= 15 is 0 Å². The second-order valence-electron chi connectivity index (χ2n) is 5.61. The SMILES string of the molecule is CCc1nn(C)cc1C(CN)N1CCCCC1CC. The molecule has 4 nitrogen and oxygen atoms in total. The Morgan fingerprint density at radius 1 is 1.42 bits per heavy atom. The Labute approximate surface area is 117 Å². The van der Waals surface area contributed by atoms with Gasteiger partial charge in [0.2, 0.25) is 0 Å². The second-order valence-corrected chi connectivity index (χ2v) is 5.61. The number of aromatic nitrogens is 2. The first-order valence-corrected chi connectivity index (χ1v) is 7.69. The number of likely N-dealkylation sites (tertiary alicyclic amines) is 1. The predicted octanol–water partition coefficient (Wildman–Crippen LogP) is 2.25. The fourth-order valence-corrected chi connectivity index (χ4v) is 3.42. The molecule has 2 rings (SSSR count). The topological polar surface area (TPSA) is 47.1 Å². The molecule has 1 aliphatic heterocycles. The molecule has 108 valence electrons. The van der Waals surface area contributed by atoms with Crippen molar-refractivity contribution in [3.8, 4) is 0 Å². The van der Waals surface area contributed by atoms with Crippen LogP contribution >= 0.6 is 0 Å². The fraction of sp³-hybridized carbons (Fsp3) is 0.800. The third-order valence-corrected chi connectivity index (χ3v) is 4.40. The Morgan fingerprint density at radius 2 is 2.21 bits per heavy atom. The average molecular weight is 264 g/mol. The van der Waals surface area contributed by atoms with Crippen molar-refractivity contribution < 1.29 is 0 Å². The molecule has 1 aromatic heterocycles. The van der Waals surface area contributed by atoms with Gasteiger partial charge in [0.25, 0.3) is 0 Å². The van der Waals surface area contributed by atoms with Crippen molar-refractivity contribution in [3.05, 3.63) is 17.5 Å². The van der Waals surface area contributed by atoms with Crippen LogP contribution in [0.15, 0.2) is 6.20 Å². The van der Waals surface area contributed by atoms with E-state index < -0.39 is 0 Å². The van der Waals surface area contributed by atoms with Crippen LogP contribution in [-0.4, -0.2) is 33.8 Å². The summed E-state index contributed by atoms with van der Waals surface area (Å²) >= 11 is 0. The van der Waals surface area contributed by atoms with Gasteiger partial charge in [-0.1, -0.05) is 20.3 Å². The fourth-order valence-electron chi connectivity index (χ4n) is 3.42. The quantitative estimate of drug-likeness (QED) is 0.887. The molecule has 1 aliphatic rings. The number of rotatable bonds is 5. The summed E-state index contributed by atoms with van der Waals surface area (Å²) < 4.78 is 1.93. The van der Waals surface area contributed by atoms with E-state index in [1.807, 2.05) is 11.7 Å². The Bertz CT molecular complexity index is 399. The van der Waals surface area contributed by atoms with Crippen molar-refractivity contribution in [1.82, 2.24) is 14.7 Å². The summed E-state index contributed by atoms with van der Waals surface area (Å²) in [6.45, 7) is 6.33. The summed E-state index contributed by atoms with van der Waals surface area (Å²) in [7, 11) is 2.00. The predicted molar refractivity (Wildman–Crippen MR) is 79.0 cm³/mol. The van der Waals surface area contributed by atoms with Crippen LogP contribution in [0.25, 0.3) is 0 Å². The standard InChI is InChI=1S/C15H28N4/c1-4-12-8-6-7-9-19(12)15(10-16)13-11-18(3)17-14(13)5-2/h11-12,15H,4-10,16H2,1-3H3. The number of piperidine rings is 1. The van der Waals surface area contributed by atoms with E-state index in [9.17, 15) is 0 Å². The molecule has 0 aromatic carbocycles. The van der Waals surface area contributed by atoms with Crippen LogP contribution in [0.4, 0.5) is 0 Å². The zero-order valence-electron chi connectivity index (χ0n) is 12.6. The second kappa shape index (κ2) is 6.53. The van der Waals surface area contributed by atoms with Crippen LogP contribution < -0.4 is 5.73 Å². The van der Waals surface area contributed by atoms with E-state index in [0.29, 0.717) is 18.6 Å². The molecule has 0 saturated carbocycles. The van der Waals surface area contributed by atoms with Gasteiger partial charge in [-0.2, -0.15) is 5.10 Å². The normalized spacial score (nSPS) is 22.6. The highest BCUT2D eigenvalue weighted by atomic mass is 15.3. The van der Waals surface area contributed by atoms with E-state index in [0.717, 1.165) is 6.42 Å². The molecule has 0 aliphatic carbocycles.